The Morgan fingerprint density at radius 1 is 1.46 bits per heavy atom. The lowest BCUT2D eigenvalue weighted by Crippen LogP contribution is -2.17. The fourth-order valence-corrected chi connectivity index (χ4v) is 1.71. The van der Waals surface area contributed by atoms with Crippen molar-refractivity contribution >= 4 is 12.0 Å². The molecule has 0 aromatic carbocycles. The van der Waals surface area contributed by atoms with Crippen molar-refractivity contribution in [3.05, 3.63) is 23.9 Å². The zero-order chi connectivity index (χ0) is 8.84. The molecule has 2 aliphatic rings. The number of aromatic nitrogens is 1. The van der Waals surface area contributed by atoms with Crippen LogP contribution in [0.25, 0.3) is 0 Å². The minimum absolute atomic E-state index is 0.607. The highest BCUT2D eigenvalue weighted by Crippen LogP contribution is 2.40. The van der Waals surface area contributed by atoms with Gasteiger partial charge < -0.3 is 0 Å². The number of hydrazone groups is 1. The molecule has 1 aliphatic heterocycles. The molecule has 3 nitrogen and oxygen atoms in total. The van der Waals surface area contributed by atoms with E-state index in [0.29, 0.717) is 12.0 Å². The van der Waals surface area contributed by atoms with E-state index in [1.807, 2.05) is 30.4 Å². The molecule has 3 heteroatoms. The van der Waals surface area contributed by atoms with Crippen LogP contribution in [0.15, 0.2) is 23.4 Å². The molecule has 1 aromatic heterocycles. The molecule has 0 spiro atoms. The van der Waals surface area contributed by atoms with Gasteiger partial charge in [-0.1, -0.05) is 6.07 Å². The molecular weight excluding hydrogens is 162 g/mol. The third kappa shape index (κ3) is 1.03. The lowest BCUT2D eigenvalue weighted by molar-refractivity contribution is 0.848. The number of hydrogen-bond donors (Lipinski definition) is 0. The summed E-state index contributed by atoms with van der Waals surface area (Å²) in [5, 5.41) is 6.34. The van der Waals surface area contributed by atoms with Gasteiger partial charge in [-0.05, 0) is 25.0 Å². The van der Waals surface area contributed by atoms with Crippen molar-refractivity contribution < 1.29 is 0 Å². The van der Waals surface area contributed by atoms with Crippen LogP contribution in [0.4, 0.5) is 5.82 Å². The van der Waals surface area contributed by atoms with Gasteiger partial charge in [0.1, 0.15) is 5.82 Å². The van der Waals surface area contributed by atoms with Gasteiger partial charge in [0.05, 0.1) is 6.04 Å². The van der Waals surface area contributed by atoms with Crippen LogP contribution in [0.1, 0.15) is 12.0 Å². The number of fused-ring (bicyclic) bond motifs is 1. The van der Waals surface area contributed by atoms with Crippen molar-refractivity contribution in [2.75, 3.05) is 5.01 Å². The first-order valence-corrected chi connectivity index (χ1v) is 4.60. The maximum atomic E-state index is 4.35. The first-order chi connectivity index (χ1) is 6.34. The van der Waals surface area contributed by atoms with Gasteiger partial charge in [0.2, 0.25) is 0 Å². The van der Waals surface area contributed by atoms with Crippen molar-refractivity contribution in [2.24, 2.45) is 11.0 Å². The number of pyridine rings is 1. The predicted molar refractivity (Wildman–Crippen MR) is 51.8 cm³/mol. The highest BCUT2D eigenvalue weighted by molar-refractivity contribution is 5.73. The van der Waals surface area contributed by atoms with Gasteiger partial charge in [0, 0.05) is 18.3 Å². The van der Waals surface area contributed by atoms with E-state index in [0.717, 1.165) is 5.82 Å². The van der Waals surface area contributed by atoms with Crippen molar-refractivity contribution in [2.45, 2.75) is 19.4 Å². The number of aryl methyl sites for hydroxylation is 1. The molecule has 13 heavy (non-hydrogen) atoms. The predicted octanol–water partition coefficient (Wildman–Crippen LogP) is 1.58. The Kier molecular flexibility index (Phi) is 1.26. The van der Waals surface area contributed by atoms with Crippen LogP contribution in [0.3, 0.4) is 0 Å². The van der Waals surface area contributed by atoms with Crippen molar-refractivity contribution in [3.8, 4) is 0 Å². The molecule has 2 atom stereocenters. The molecule has 0 bridgehead atoms. The summed E-state index contributed by atoms with van der Waals surface area (Å²) in [6.07, 6.45) is 5.17. The average Bonchev–Trinajstić information content (AvgIpc) is 2.81. The number of anilines is 1. The molecule has 1 aromatic rings. The summed E-state index contributed by atoms with van der Waals surface area (Å²) < 4.78 is 0. The maximum Gasteiger partial charge on any atom is 0.148 e. The van der Waals surface area contributed by atoms with Crippen LogP contribution in [0.5, 0.6) is 0 Å². The Morgan fingerprint density at radius 2 is 2.38 bits per heavy atom. The first-order valence-electron chi connectivity index (χ1n) is 4.60. The minimum Gasteiger partial charge on any atom is -0.244 e. The summed E-state index contributed by atoms with van der Waals surface area (Å²) >= 11 is 0. The van der Waals surface area contributed by atoms with Crippen LogP contribution in [0.2, 0.25) is 0 Å². The van der Waals surface area contributed by atoms with E-state index in [2.05, 4.69) is 16.2 Å². The summed E-state index contributed by atoms with van der Waals surface area (Å²) in [6.45, 7) is 2.05. The van der Waals surface area contributed by atoms with Gasteiger partial charge >= 0.3 is 0 Å². The molecule has 3 rings (SSSR count). The normalized spacial score (nSPS) is 29.2. The SMILES string of the molecule is Cc1ccc(N2N=CC3CC32)nc1. The third-order valence-electron chi connectivity index (χ3n) is 2.63. The smallest absolute Gasteiger partial charge is 0.148 e. The Morgan fingerprint density at radius 3 is 2.92 bits per heavy atom. The molecule has 1 saturated carbocycles. The van der Waals surface area contributed by atoms with Crippen LogP contribution < -0.4 is 5.01 Å². The van der Waals surface area contributed by atoms with E-state index in [4.69, 9.17) is 0 Å². The first kappa shape index (κ1) is 7.06. The molecule has 0 saturated heterocycles. The molecule has 1 aliphatic carbocycles. The lowest BCUT2D eigenvalue weighted by atomic mass is 10.3. The summed E-state index contributed by atoms with van der Waals surface area (Å²) in [5.74, 6) is 1.68. The Hall–Kier alpha value is -1.38. The third-order valence-corrected chi connectivity index (χ3v) is 2.63. The van der Waals surface area contributed by atoms with Gasteiger partial charge in [0.15, 0.2) is 0 Å². The molecule has 2 unspecified atom stereocenters. The number of nitrogens with zero attached hydrogens (tertiary/aromatic N) is 3. The molecular formula is C10H11N3. The highest BCUT2D eigenvalue weighted by atomic mass is 15.5. The van der Waals surface area contributed by atoms with Crippen LogP contribution in [-0.2, 0) is 0 Å². The molecule has 1 fully saturated rings. The Bertz CT molecular complexity index is 355. The quantitative estimate of drug-likeness (QED) is 0.645. The van der Waals surface area contributed by atoms with Gasteiger partial charge in [0.25, 0.3) is 0 Å². The van der Waals surface area contributed by atoms with Crippen molar-refractivity contribution in [3.63, 3.8) is 0 Å². The second-order valence-electron chi connectivity index (χ2n) is 3.77. The zero-order valence-corrected chi connectivity index (χ0v) is 7.51. The van der Waals surface area contributed by atoms with Crippen molar-refractivity contribution in [1.29, 1.82) is 0 Å². The summed E-state index contributed by atoms with van der Waals surface area (Å²) in [7, 11) is 0. The molecule has 0 amide bonds. The standard InChI is InChI=1S/C10H11N3/c1-7-2-3-10(11-5-7)13-9-4-8(9)6-12-13/h2-3,5-6,8-9H,4H2,1H3. The van der Waals surface area contributed by atoms with Crippen LogP contribution >= 0.6 is 0 Å². The zero-order valence-electron chi connectivity index (χ0n) is 7.51. The lowest BCUT2D eigenvalue weighted by Gasteiger charge is -2.14. The Labute approximate surface area is 77.1 Å². The fourth-order valence-electron chi connectivity index (χ4n) is 1.71. The number of rotatable bonds is 1. The number of hydrogen-bond acceptors (Lipinski definition) is 3. The average molecular weight is 173 g/mol. The summed E-state index contributed by atoms with van der Waals surface area (Å²) in [4.78, 5) is 4.35. The van der Waals surface area contributed by atoms with E-state index in [9.17, 15) is 0 Å². The second kappa shape index (κ2) is 2.31. The molecule has 0 N–H and O–H groups in total. The van der Waals surface area contributed by atoms with E-state index in [1.54, 1.807) is 0 Å². The van der Waals surface area contributed by atoms with Gasteiger partial charge in [-0.15, -0.1) is 0 Å². The van der Waals surface area contributed by atoms with Gasteiger partial charge in [-0.3, -0.25) is 0 Å². The van der Waals surface area contributed by atoms with Crippen LogP contribution in [0, 0.1) is 12.8 Å². The summed E-state index contributed by atoms with van der Waals surface area (Å²) in [5.41, 5.74) is 1.19. The second-order valence-corrected chi connectivity index (χ2v) is 3.77. The summed E-state index contributed by atoms with van der Waals surface area (Å²) in [6, 6.07) is 4.72. The van der Waals surface area contributed by atoms with E-state index in [-0.39, 0.29) is 0 Å². The van der Waals surface area contributed by atoms with E-state index >= 15 is 0 Å². The highest BCUT2D eigenvalue weighted by Gasteiger charge is 2.45. The molecule has 2 heterocycles. The van der Waals surface area contributed by atoms with Crippen molar-refractivity contribution in [1.82, 2.24) is 4.98 Å². The maximum absolute atomic E-state index is 4.35. The largest absolute Gasteiger partial charge is 0.244 e. The fraction of sp³-hybridized carbons (Fsp3) is 0.400. The monoisotopic (exact) mass is 173 g/mol. The van der Waals surface area contributed by atoms with E-state index < -0.39 is 0 Å². The molecule has 66 valence electrons. The van der Waals surface area contributed by atoms with Gasteiger partial charge in [-0.2, -0.15) is 5.10 Å². The Balaban J connectivity index is 1.92. The molecule has 0 radical (unpaired) electrons. The minimum atomic E-state index is 0.607. The van der Waals surface area contributed by atoms with E-state index in [1.165, 1.54) is 12.0 Å². The van der Waals surface area contributed by atoms with Gasteiger partial charge in [-0.25, -0.2) is 9.99 Å². The topological polar surface area (TPSA) is 28.5 Å². The van der Waals surface area contributed by atoms with Crippen LogP contribution in [-0.4, -0.2) is 17.2 Å².